The smallest absolute Gasteiger partial charge is 0.870 e. The molecule has 50 heavy (non-hydrogen) atoms. The molecule has 0 saturated heterocycles. The van der Waals surface area contributed by atoms with Gasteiger partial charge in [0.2, 0.25) is 5.39 Å². The average Bonchev–Trinajstić information content (AvgIpc) is 3.00. The maximum absolute atomic E-state index is 9.43. The first-order valence-electron chi connectivity index (χ1n) is 13.7. The number of phenolic OH excluding ortho intramolecular Hbond substituents is 5. The van der Waals surface area contributed by atoms with E-state index in [1.54, 1.807) is 72.8 Å². The minimum Gasteiger partial charge on any atom is -0.870 e. The van der Waals surface area contributed by atoms with Gasteiger partial charge in [-0.1, -0.05) is 6.07 Å². The van der Waals surface area contributed by atoms with Crippen LogP contribution in [0.3, 0.4) is 0 Å². The molecule has 0 radical (unpaired) electrons. The first-order chi connectivity index (χ1) is 22.3. The van der Waals surface area contributed by atoms with E-state index < -0.39 is 0 Å². The second kappa shape index (κ2) is 27.1. The van der Waals surface area contributed by atoms with E-state index in [-0.39, 0.29) is 87.6 Å². The van der Waals surface area contributed by atoms with Crippen LogP contribution in [0.15, 0.2) is 119 Å². The molecule has 0 aliphatic carbocycles. The molecule has 5 aromatic rings. The SMILES string of the molecule is Cc1cc(C)cc(O)c1.Cc1cc(O)cc(C)c1N=Nc1ccc(O)cc1.N#[N+]c1ccc(O)cc1.Nc1ccc(O)cc1.O=N[O-].[Na+].[Na+].[OH-]. The van der Waals surface area contributed by atoms with Gasteiger partial charge in [0.1, 0.15) is 28.7 Å². The van der Waals surface area contributed by atoms with Crippen LogP contribution in [0.4, 0.5) is 22.7 Å². The summed E-state index contributed by atoms with van der Waals surface area (Å²) in [7, 11) is 0. The van der Waals surface area contributed by atoms with Crippen LogP contribution in [0, 0.1) is 43.2 Å². The Balaban J connectivity index is -0.000000595. The number of aromatic hydroxyl groups is 5. The Labute approximate surface area is 334 Å². The van der Waals surface area contributed by atoms with E-state index in [0.29, 0.717) is 22.8 Å². The van der Waals surface area contributed by atoms with Crippen LogP contribution in [-0.2, 0) is 0 Å². The van der Waals surface area contributed by atoms with Gasteiger partial charge >= 0.3 is 64.8 Å². The summed E-state index contributed by atoms with van der Waals surface area (Å²) in [5.74, 6) is 1.20. The van der Waals surface area contributed by atoms with E-state index in [1.807, 2.05) is 33.8 Å². The molecule has 0 heterocycles. The summed E-state index contributed by atoms with van der Waals surface area (Å²) >= 11 is 0. The normalized spacial score (nSPS) is 8.86. The minimum absolute atomic E-state index is 0. The molecule has 0 aliphatic heterocycles. The number of hydrogen-bond acceptors (Lipinski definition) is 13. The molecule has 0 aromatic heterocycles. The maximum atomic E-state index is 9.43. The summed E-state index contributed by atoms with van der Waals surface area (Å²) in [6, 6.07) is 27.6. The van der Waals surface area contributed by atoms with Crippen molar-refractivity contribution in [2.24, 2.45) is 15.6 Å². The maximum Gasteiger partial charge on any atom is 1.00 e. The molecular formula is C34H37N6Na2O8+. The van der Waals surface area contributed by atoms with Crippen molar-refractivity contribution in [2.45, 2.75) is 27.7 Å². The van der Waals surface area contributed by atoms with Gasteiger partial charge in [0.15, 0.2) is 4.98 Å². The molecule has 16 heteroatoms. The van der Waals surface area contributed by atoms with E-state index in [2.05, 4.69) is 15.2 Å². The van der Waals surface area contributed by atoms with Gasteiger partial charge in [-0.2, -0.15) is 10.2 Å². The number of anilines is 1. The fourth-order valence-corrected chi connectivity index (χ4v) is 3.66. The third-order valence-electron chi connectivity index (χ3n) is 5.66. The Morgan fingerprint density at radius 1 is 0.600 bits per heavy atom. The summed E-state index contributed by atoms with van der Waals surface area (Å²) in [5.41, 5.74) is 11.8. The number of benzene rings is 5. The molecule has 0 saturated carbocycles. The van der Waals surface area contributed by atoms with Gasteiger partial charge in [0, 0.05) is 17.8 Å². The summed E-state index contributed by atoms with van der Waals surface area (Å²) in [5, 5.41) is 70.5. The van der Waals surface area contributed by atoms with E-state index in [4.69, 9.17) is 41.7 Å². The summed E-state index contributed by atoms with van der Waals surface area (Å²) in [4.78, 5) is 10.9. The van der Waals surface area contributed by atoms with E-state index in [0.717, 1.165) is 33.3 Å². The van der Waals surface area contributed by atoms with Crippen molar-refractivity contribution >= 4 is 22.7 Å². The van der Waals surface area contributed by atoms with E-state index in [1.165, 1.54) is 24.3 Å². The summed E-state index contributed by atoms with van der Waals surface area (Å²) < 4.78 is 0. The van der Waals surface area contributed by atoms with E-state index >= 15 is 0 Å². The number of phenols is 5. The number of hydrogen-bond donors (Lipinski definition) is 6. The van der Waals surface area contributed by atoms with Crippen LogP contribution in [0.25, 0.3) is 4.98 Å². The van der Waals surface area contributed by atoms with Crippen molar-refractivity contribution in [3.63, 3.8) is 0 Å². The molecule has 0 amide bonds. The molecule has 0 fully saturated rings. The summed E-state index contributed by atoms with van der Waals surface area (Å²) in [6.45, 7) is 7.68. The number of rotatable bonds is 2. The molecule has 0 bridgehead atoms. The van der Waals surface area contributed by atoms with Gasteiger partial charge in [-0.25, -0.2) is 0 Å². The van der Waals surface area contributed by atoms with Gasteiger partial charge < -0.3 is 46.9 Å². The third kappa shape index (κ3) is 21.3. The average molecular weight is 704 g/mol. The molecule has 0 aliphatic rings. The zero-order chi connectivity index (χ0) is 35.4. The molecule has 0 atom stereocenters. The Hall–Kier alpha value is -4.72. The number of nitrogens with zero attached hydrogens (tertiary/aromatic N) is 5. The zero-order valence-electron chi connectivity index (χ0n) is 28.6. The molecule has 5 aromatic carbocycles. The topological polar surface area (TPSA) is 263 Å². The minimum atomic E-state index is 0. The molecule has 14 nitrogen and oxygen atoms in total. The molecule has 8 N–H and O–H groups in total. The molecule has 5 rings (SSSR count). The fourth-order valence-electron chi connectivity index (χ4n) is 3.66. The molecular weight excluding hydrogens is 666 g/mol. The predicted molar refractivity (Wildman–Crippen MR) is 184 cm³/mol. The van der Waals surface area contributed by atoms with Crippen molar-refractivity contribution in [3.8, 4) is 28.7 Å². The Kier molecular flexibility index (Phi) is 27.0. The van der Waals surface area contributed by atoms with Crippen LogP contribution >= 0.6 is 0 Å². The van der Waals surface area contributed by atoms with Gasteiger partial charge in [-0.15, -0.1) is 5.34 Å². The van der Waals surface area contributed by atoms with E-state index in [9.17, 15) is 5.11 Å². The second-order valence-electron chi connectivity index (χ2n) is 9.77. The van der Waals surface area contributed by atoms with Crippen molar-refractivity contribution in [1.82, 2.24) is 0 Å². The Morgan fingerprint density at radius 2 is 0.960 bits per heavy atom. The first-order valence-corrected chi connectivity index (χ1v) is 13.7. The Morgan fingerprint density at radius 3 is 1.32 bits per heavy atom. The predicted octanol–water partition coefficient (Wildman–Crippen LogP) is 3.07. The van der Waals surface area contributed by atoms with Crippen molar-refractivity contribution in [2.75, 3.05) is 5.73 Å². The number of nitrogen functional groups attached to an aromatic ring is 1. The largest absolute Gasteiger partial charge is 1.00 e. The quantitative estimate of drug-likeness (QED) is 0.0298. The van der Waals surface area contributed by atoms with Crippen molar-refractivity contribution in [1.29, 1.82) is 5.39 Å². The molecule has 0 spiro atoms. The zero-order valence-corrected chi connectivity index (χ0v) is 32.6. The molecule has 0 unspecified atom stereocenters. The van der Waals surface area contributed by atoms with Crippen LogP contribution in [0.1, 0.15) is 22.3 Å². The van der Waals surface area contributed by atoms with Gasteiger partial charge in [0.05, 0.1) is 11.4 Å². The van der Waals surface area contributed by atoms with Crippen molar-refractivity contribution < 1.29 is 90.1 Å². The van der Waals surface area contributed by atoms with Crippen LogP contribution in [-0.4, -0.2) is 31.0 Å². The number of nitrogens with two attached hydrogens (primary N) is 1. The van der Waals surface area contributed by atoms with Crippen LogP contribution in [0.2, 0.25) is 0 Å². The first kappa shape index (κ1) is 49.7. The molecule has 252 valence electrons. The second-order valence-corrected chi connectivity index (χ2v) is 9.77. The van der Waals surface area contributed by atoms with Gasteiger partial charge in [0.25, 0.3) is 0 Å². The van der Waals surface area contributed by atoms with Gasteiger partial charge in [-0.3, -0.25) is 0 Å². The van der Waals surface area contributed by atoms with Crippen LogP contribution in [0.5, 0.6) is 28.7 Å². The monoisotopic (exact) mass is 703 g/mol. The number of diazo groups is 1. The third-order valence-corrected chi connectivity index (χ3v) is 5.66. The fraction of sp³-hybridized carbons (Fsp3) is 0.118. The summed E-state index contributed by atoms with van der Waals surface area (Å²) in [6.07, 6.45) is 0. The standard InChI is InChI=1S/C14H14N2O2.C8H10O.C6H4N2O.C6H7NO.HNO2.2Na.H2O/c1-9-7-13(18)8-10(2)14(9)16-15-11-3-5-12(17)6-4-11;1-6-3-7(2)5-8(9)4-6;7-8-5-1-3-6(9)4-2-5;7-5-1-3-6(8)4-2-5;2-1-3;;;/h3-8,17-18H,1-2H3;3-5,9H,1-2H3;1-4H;1-4,8H,7H2;(H,2,3);;;1H2/q;;;;;2*+1;/p-1. The van der Waals surface area contributed by atoms with Crippen LogP contribution < -0.4 is 64.8 Å². The van der Waals surface area contributed by atoms with Gasteiger partial charge in [-0.05, 0) is 135 Å². The van der Waals surface area contributed by atoms with Crippen molar-refractivity contribution in [3.05, 3.63) is 140 Å². The Bertz CT molecular complexity index is 1680. The number of azo groups is 1. The number of aryl methyl sites for hydroxylation is 4.